The number of hydrogen-bond donors (Lipinski definition) is 1. The van der Waals surface area contributed by atoms with E-state index in [1.807, 2.05) is 25.1 Å². The maximum atomic E-state index is 6.04. The van der Waals surface area contributed by atoms with Gasteiger partial charge in [-0.2, -0.15) is 0 Å². The molecule has 0 fully saturated rings. The van der Waals surface area contributed by atoms with Gasteiger partial charge in [0, 0.05) is 29.5 Å². The minimum absolute atomic E-state index is 0.733. The predicted octanol–water partition coefficient (Wildman–Crippen LogP) is 3.44. The molecule has 0 radical (unpaired) electrons. The minimum Gasteiger partial charge on any atom is -0.398 e. The number of rotatable bonds is 6. The lowest BCUT2D eigenvalue weighted by atomic mass is 10.3. The van der Waals surface area contributed by atoms with E-state index in [1.54, 1.807) is 11.8 Å². The molecule has 4 heteroatoms. The van der Waals surface area contributed by atoms with Gasteiger partial charge >= 0.3 is 0 Å². The van der Waals surface area contributed by atoms with Gasteiger partial charge in [0.2, 0.25) is 0 Å². The van der Waals surface area contributed by atoms with Crippen LogP contribution in [0.25, 0.3) is 0 Å². The largest absolute Gasteiger partial charge is 0.398 e. The van der Waals surface area contributed by atoms with Crippen molar-refractivity contribution in [2.75, 3.05) is 24.7 Å². The molecule has 1 rings (SSSR count). The average Bonchev–Trinajstić information content (AvgIpc) is 2.21. The van der Waals surface area contributed by atoms with Crippen molar-refractivity contribution in [3.8, 4) is 0 Å². The highest BCUT2D eigenvalue weighted by atomic mass is 35.5. The number of benzene rings is 1. The summed E-state index contributed by atoms with van der Waals surface area (Å²) >= 11 is 7.72. The maximum Gasteiger partial charge on any atom is 0.0562 e. The summed E-state index contributed by atoms with van der Waals surface area (Å²) in [5, 5.41) is 0.733. The minimum atomic E-state index is 0.733. The number of nitrogen functional groups attached to an aromatic ring is 1. The fraction of sp³-hybridized carbons (Fsp3) is 0.455. The molecule has 84 valence electrons. The van der Waals surface area contributed by atoms with E-state index in [1.165, 1.54) is 0 Å². The normalized spacial score (nSPS) is 10.5. The van der Waals surface area contributed by atoms with Gasteiger partial charge in [0.25, 0.3) is 0 Å². The Bertz CT molecular complexity index is 286. The van der Waals surface area contributed by atoms with Crippen LogP contribution in [0.1, 0.15) is 13.3 Å². The van der Waals surface area contributed by atoms with Crippen molar-refractivity contribution in [1.82, 2.24) is 0 Å². The molecule has 0 bridgehead atoms. The zero-order valence-corrected chi connectivity index (χ0v) is 10.4. The third kappa shape index (κ3) is 4.33. The van der Waals surface area contributed by atoms with Crippen LogP contribution in [-0.4, -0.2) is 19.0 Å². The van der Waals surface area contributed by atoms with Gasteiger partial charge in [0.15, 0.2) is 0 Å². The third-order valence-corrected chi connectivity index (χ3v) is 3.55. The van der Waals surface area contributed by atoms with Crippen LogP contribution >= 0.6 is 23.4 Å². The molecular weight excluding hydrogens is 230 g/mol. The maximum absolute atomic E-state index is 6.04. The zero-order valence-electron chi connectivity index (χ0n) is 8.83. The van der Waals surface area contributed by atoms with Gasteiger partial charge in [-0.05, 0) is 25.5 Å². The summed E-state index contributed by atoms with van der Waals surface area (Å²) in [4.78, 5) is 0.982. The molecule has 0 amide bonds. The van der Waals surface area contributed by atoms with Crippen molar-refractivity contribution in [3.63, 3.8) is 0 Å². The molecule has 0 heterocycles. The second-order valence-electron chi connectivity index (χ2n) is 3.06. The first-order chi connectivity index (χ1) is 7.25. The summed E-state index contributed by atoms with van der Waals surface area (Å²) in [5.41, 5.74) is 6.58. The molecule has 0 saturated heterocycles. The highest BCUT2D eigenvalue weighted by molar-refractivity contribution is 7.99. The molecule has 0 aromatic heterocycles. The Morgan fingerprint density at radius 3 is 2.93 bits per heavy atom. The summed E-state index contributed by atoms with van der Waals surface area (Å²) in [7, 11) is 0. The SMILES string of the molecule is CCOCCCSc1c(N)cccc1Cl. The Hall–Kier alpha value is -0.380. The molecule has 0 aliphatic heterocycles. The van der Waals surface area contributed by atoms with Crippen molar-refractivity contribution in [2.24, 2.45) is 0 Å². The second-order valence-corrected chi connectivity index (χ2v) is 4.57. The summed E-state index contributed by atoms with van der Waals surface area (Å²) < 4.78 is 5.25. The standard InChI is InChI=1S/C11H16ClNOS/c1-2-14-7-4-8-15-11-9(12)5-3-6-10(11)13/h3,5-6H,2,4,7-8,13H2,1H3. The molecule has 0 saturated carbocycles. The first kappa shape index (κ1) is 12.7. The Morgan fingerprint density at radius 2 is 2.27 bits per heavy atom. The lowest BCUT2D eigenvalue weighted by molar-refractivity contribution is 0.149. The monoisotopic (exact) mass is 245 g/mol. The highest BCUT2D eigenvalue weighted by Crippen LogP contribution is 2.32. The Kier molecular flexibility index (Phi) is 5.91. The van der Waals surface area contributed by atoms with Crippen LogP contribution in [0.4, 0.5) is 5.69 Å². The van der Waals surface area contributed by atoms with Crippen molar-refractivity contribution >= 4 is 29.1 Å². The van der Waals surface area contributed by atoms with E-state index in [0.29, 0.717) is 0 Å². The molecule has 0 aliphatic carbocycles. The lowest BCUT2D eigenvalue weighted by Gasteiger charge is -2.07. The number of thioether (sulfide) groups is 1. The fourth-order valence-electron chi connectivity index (χ4n) is 1.16. The molecule has 2 nitrogen and oxygen atoms in total. The van der Waals surface area contributed by atoms with E-state index in [0.717, 1.165) is 41.0 Å². The van der Waals surface area contributed by atoms with Gasteiger partial charge in [-0.3, -0.25) is 0 Å². The molecule has 1 aromatic carbocycles. The molecule has 2 N–H and O–H groups in total. The van der Waals surface area contributed by atoms with Crippen LogP contribution in [0.3, 0.4) is 0 Å². The third-order valence-electron chi connectivity index (χ3n) is 1.88. The first-order valence-electron chi connectivity index (χ1n) is 5.00. The molecule has 0 spiro atoms. The summed E-state index contributed by atoms with van der Waals surface area (Å²) in [6.07, 6.45) is 1.02. The Morgan fingerprint density at radius 1 is 1.47 bits per heavy atom. The summed E-state index contributed by atoms with van der Waals surface area (Å²) in [6.45, 7) is 3.58. The van der Waals surface area contributed by atoms with Gasteiger partial charge in [-0.25, -0.2) is 0 Å². The molecule has 0 aliphatic rings. The van der Waals surface area contributed by atoms with E-state index in [9.17, 15) is 0 Å². The summed E-state index contributed by atoms with van der Waals surface area (Å²) in [5.74, 6) is 0.980. The van der Waals surface area contributed by atoms with Crippen molar-refractivity contribution < 1.29 is 4.74 Å². The summed E-state index contributed by atoms with van der Waals surface area (Å²) in [6, 6.07) is 5.60. The molecular formula is C11H16ClNOS. The number of halogens is 1. The van der Waals surface area contributed by atoms with Crippen molar-refractivity contribution in [3.05, 3.63) is 23.2 Å². The number of ether oxygens (including phenoxy) is 1. The van der Waals surface area contributed by atoms with E-state index >= 15 is 0 Å². The quantitative estimate of drug-likeness (QED) is 0.474. The van der Waals surface area contributed by atoms with Crippen molar-refractivity contribution in [1.29, 1.82) is 0 Å². The zero-order chi connectivity index (χ0) is 11.1. The van der Waals surface area contributed by atoms with E-state index in [4.69, 9.17) is 22.1 Å². The Balaban J connectivity index is 2.37. The van der Waals surface area contributed by atoms with Gasteiger partial charge in [0.1, 0.15) is 0 Å². The van der Waals surface area contributed by atoms with Crippen LogP contribution in [0.15, 0.2) is 23.1 Å². The molecule has 1 aromatic rings. The van der Waals surface area contributed by atoms with Crippen LogP contribution < -0.4 is 5.73 Å². The highest BCUT2D eigenvalue weighted by Gasteiger charge is 2.04. The number of nitrogens with two attached hydrogens (primary N) is 1. The average molecular weight is 246 g/mol. The van der Waals surface area contributed by atoms with E-state index in [-0.39, 0.29) is 0 Å². The number of anilines is 1. The molecule has 0 atom stereocenters. The van der Waals surface area contributed by atoms with Crippen LogP contribution in [0, 0.1) is 0 Å². The molecule has 0 unspecified atom stereocenters. The van der Waals surface area contributed by atoms with E-state index < -0.39 is 0 Å². The van der Waals surface area contributed by atoms with Crippen LogP contribution in [-0.2, 0) is 4.74 Å². The first-order valence-corrected chi connectivity index (χ1v) is 6.36. The van der Waals surface area contributed by atoms with E-state index in [2.05, 4.69) is 0 Å². The fourth-order valence-corrected chi connectivity index (χ4v) is 2.41. The Labute approximate surface area is 100 Å². The topological polar surface area (TPSA) is 35.2 Å². The van der Waals surface area contributed by atoms with Crippen LogP contribution in [0.2, 0.25) is 5.02 Å². The van der Waals surface area contributed by atoms with Gasteiger partial charge in [-0.15, -0.1) is 11.8 Å². The molecule has 15 heavy (non-hydrogen) atoms. The van der Waals surface area contributed by atoms with Crippen molar-refractivity contribution in [2.45, 2.75) is 18.2 Å². The van der Waals surface area contributed by atoms with Crippen LogP contribution in [0.5, 0.6) is 0 Å². The lowest BCUT2D eigenvalue weighted by Crippen LogP contribution is -1.95. The second kappa shape index (κ2) is 6.99. The van der Waals surface area contributed by atoms with Gasteiger partial charge in [-0.1, -0.05) is 17.7 Å². The predicted molar refractivity (Wildman–Crippen MR) is 67.7 cm³/mol. The smallest absolute Gasteiger partial charge is 0.0562 e. The van der Waals surface area contributed by atoms with Gasteiger partial charge < -0.3 is 10.5 Å². The number of hydrogen-bond acceptors (Lipinski definition) is 3. The van der Waals surface area contributed by atoms with Gasteiger partial charge in [0.05, 0.1) is 5.02 Å².